The minimum atomic E-state index is -0.865. The molecule has 0 bridgehead atoms. The number of carbonyl (C=O) groups excluding carboxylic acids is 2. The predicted octanol–water partition coefficient (Wildman–Crippen LogP) is 2.24. The molecule has 0 fully saturated rings. The quantitative estimate of drug-likeness (QED) is 0.809. The first-order chi connectivity index (χ1) is 12.0. The maximum absolute atomic E-state index is 12.4. The van der Waals surface area contributed by atoms with Crippen molar-refractivity contribution < 1.29 is 14.3 Å². The van der Waals surface area contributed by atoms with Gasteiger partial charge in [-0.05, 0) is 31.2 Å². The Hall–Kier alpha value is -2.86. The molecule has 132 valence electrons. The molecule has 0 aliphatic rings. The van der Waals surface area contributed by atoms with Gasteiger partial charge in [0, 0.05) is 6.54 Å². The number of aryl methyl sites for hydroxylation is 1. The summed E-state index contributed by atoms with van der Waals surface area (Å²) in [4.78, 5) is 25.3. The van der Waals surface area contributed by atoms with E-state index in [-0.39, 0.29) is 0 Å². The Kier molecular flexibility index (Phi) is 6.54. The van der Waals surface area contributed by atoms with Crippen LogP contribution in [0.4, 0.5) is 4.79 Å². The molecule has 2 rings (SSSR count). The number of imide groups is 1. The van der Waals surface area contributed by atoms with Crippen molar-refractivity contribution >= 4 is 11.9 Å². The highest BCUT2D eigenvalue weighted by Gasteiger charge is 2.25. The number of nitrogens with one attached hydrogen (secondary N) is 1. The molecule has 0 saturated carbocycles. The minimum Gasteiger partial charge on any atom is -0.492 e. The molecule has 0 radical (unpaired) electrons. The van der Waals surface area contributed by atoms with E-state index in [0.717, 1.165) is 16.9 Å². The van der Waals surface area contributed by atoms with Crippen molar-refractivity contribution in [3.05, 3.63) is 65.7 Å². The molecule has 0 aliphatic carbocycles. The van der Waals surface area contributed by atoms with Crippen LogP contribution >= 0.6 is 0 Å². The first kappa shape index (κ1) is 18.5. The van der Waals surface area contributed by atoms with Gasteiger partial charge in [0.05, 0.1) is 0 Å². The third-order valence-corrected chi connectivity index (χ3v) is 3.85. The first-order valence-corrected chi connectivity index (χ1v) is 8.03. The third-order valence-electron chi connectivity index (χ3n) is 3.85. The summed E-state index contributed by atoms with van der Waals surface area (Å²) in [5.74, 6) is 0.353. The lowest BCUT2D eigenvalue weighted by Crippen LogP contribution is -2.44. The highest BCUT2D eigenvalue weighted by molar-refractivity contribution is 5.96. The average molecular weight is 341 g/mol. The second-order valence-electron chi connectivity index (χ2n) is 5.76. The molecule has 6 nitrogen and oxygen atoms in total. The van der Waals surface area contributed by atoms with E-state index < -0.39 is 18.0 Å². The maximum atomic E-state index is 12.4. The normalized spacial score (nSPS) is 11.8. The summed E-state index contributed by atoms with van der Waals surface area (Å²) in [7, 11) is 1.81. The Morgan fingerprint density at radius 1 is 1.12 bits per heavy atom. The Morgan fingerprint density at radius 2 is 1.76 bits per heavy atom. The lowest BCUT2D eigenvalue weighted by molar-refractivity contribution is -0.125. The van der Waals surface area contributed by atoms with Crippen LogP contribution in [0.1, 0.15) is 17.2 Å². The van der Waals surface area contributed by atoms with E-state index in [1.165, 1.54) is 0 Å². The molecule has 2 aromatic rings. The molecule has 6 heteroatoms. The van der Waals surface area contributed by atoms with Crippen LogP contribution in [0.25, 0.3) is 0 Å². The Labute approximate surface area is 147 Å². The zero-order chi connectivity index (χ0) is 18.2. The van der Waals surface area contributed by atoms with Crippen LogP contribution in [-0.2, 0) is 4.79 Å². The van der Waals surface area contributed by atoms with Gasteiger partial charge < -0.3 is 10.5 Å². The predicted molar refractivity (Wildman–Crippen MR) is 96.2 cm³/mol. The highest BCUT2D eigenvalue weighted by atomic mass is 16.5. The molecule has 0 aromatic heterocycles. The molecular weight excluding hydrogens is 318 g/mol. The average Bonchev–Trinajstić information content (AvgIpc) is 2.57. The van der Waals surface area contributed by atoms with Gasteiger partial charge in [-0.15, -0.1) is 0 Å². The van der Waals surface area contributed by atoms with Crippen LogP contribution in [0, 0.1) is 6.92 Å². The van der Waals surface area contributed by atoms with Gasteiger partial charge in [0.1, 0.15) is 18.4 Å². The fraction of sp³-hybridized carbons (Fsp3) is 0.263. The second kappa shape index (κ2) is 8.84. The standard InChI is InChI=1S/C19H23N3O3/c1-14-8-6-7-11-16(14)25-13-12-22(2)17(18(23)21-19(20)24)15-9-4-3-5-10-15/h3-11,17H,12-13H2,1-2H3,(H3,20,21,23,24). The smallest absolute Gasteiger partial charge is 0.318 e. The summed E-state index contributed by atoms with van der Waals surface area (Å²) >= 11 is 0. The summed E-state index contributed by atoms with van der Waals surface area (Å²) in [5.41, 5.74) is 6.92. The van der Waals surface area contributed by atoms with E-state index in [4.69, 9.17) is 10.5 Å². The van der Waals surface area contributed by atoms with Crippen molar-refractivity contribution in [1.82, 2.24) is 10.2 Å². The van der Waals surface area contributed by atoms with Gasteiger partial charge in [-0.2, -0.15) is 0 Å². The molecule has 0 aliphatic heterocycles. The van der Waals surface area contributed by atoms with Crippen LogP contribution < -0.4 is 15.8 Å². The number of nitrogens with two attached hydrogens (primary N) is 1. The lowest BCUT2D eigenvalue weighted by Gasteiger charge is -2.27. The van der Waals surface area contributed by atoms with Gasteiger partial charge in [0.15, 0.2) is 0 Å². The number of para-hydroxylation sites is 1. The van der Waals surface area contributed by atoms with Gasteiger partial charge in [-0.3, -0.25) is 15.0 Å². The molecule has 25 heavy (non-hydrogen) atoms. The number of likely N-dealkylation sites (N-methyl/N-ethyl adjacent to an activating group) is 1. The number of nitrogens with zero attached hydrogens (tertiary/aromatic N) is 1. The number of ether oxygens (including phenoxy) is 1. The monoisotopic (exact) mass is 341 g/mol. The summed E-state index contributed by atoms with van der Waals surface area (Å²) in [6.45, 7) is 2.89. The molecule has 2 aromatic carbocycles. The van der Waals surface area contributed by atoms with Crippen molar-refractivity contribution in [2.45, 2.75) is 13.0 Å². The Morgan fingerprint density at radius 3 is 2.40 bits per heavy atom. The van der Waals surface area contributed by atoms with Crippen molar-refractivity contribution in [1.29, 1.82) is 0 Å². The summed E-state index contributed by atoms with van der Waals surface area (Å²) in [6, 6.07) is 15.5. The van der Waals surface area contributed by atoms with Crippen molar-refractivity contribution in [3.8, 4) is 5.75 Å². The number of hydrogen-bond acceptors (Lipinski definition) is 4. The third kappa shape index (κ3) is 5.32. The Balaban J connectivity index is 2.05. The number of carbonyl (C=O) groups is 2. The fourth-order valence-electron chi connectivity index (χ4n) is 2.58. The molecule has 3 N–H and O–H groups in total. The topological polar surface area (TPSA) is 84.7 Å². The van der Waals surface area contributed by atoms with Gasteiger partial charge in [0.25, 0.3) is 0 Å². The largest absolute Gasteiger partial charge is 0.492 e. The van der Waals surface area contributed by atoms with E-state index in [1.807, 2.05) is 66.4 Å². The van der Waals surface area contributed by atoms with Crippen molar-refractivity contribution in [2.75, 3.05) is 20.2 Å². The molecule has 0 saturated heterocycles. The summed E-state index contributed by atoms with van der Waals surface area (Å²) in [6.07, 6.45) is 0. The minimum absolute atomic E-state index is 0.411. The molecular formula is C19H23N3O3. The molecule has 1 atom stereocenters. The van der Waals surface area contributed by atoms with Gasteiger partial charge >= 0.3 is 6.03 Å². The van der Waals surface area contributed by atoms with Crippen molar-refractivity contribution in [2.24, 2.45) is 5.73 Å². The van der Waals surface area contributed by atoms with E-state index in [0.29, 0.717) is 13.2 Å². The fourth-order valence-corrected chi connectivity index (χ4v) is 2.58. The SMILES string of the molecule is Cc1ccccc1OCCN(C)C(C(=O)NC(N)=O)c1ccccc1. The van der Waals surface area contributed by atoms with Gasteiger partial charge in [-0.25, -0.2) is 4.79 Å². The van der Waals surface area contributed by atoms with Crippen LogP contribution in [0.3, 0.4) is 0 Å². The molecule has 3 amide bonds. The summed E-state index contributed by atoms with van der Waals surface area (Å²) in [5, 5.41) is 2.16. The van der Waals surface area contributed by atoms with E-state index in [2.05, 4.69) is 5.32 Å². The van der Waals surface area contributed by atoms with E-state index in [1.54, 1.807) is 7.05 Å². The van der Waals surface area contributed by atoms with E-state index >= 15 is 0 Å². The number of urea groups is 1. The zero-order valence-corrected chi connectivity index (χ0v) is 14.4. The number of benzene rings is 2. The van der Waals surface area contributed by atoms with Gasteiger partial charge in [-0.1, -0.05) is 48.5 Å². The number of hydrogen-bond donors (Lipinski definition) is 2. The first-order valence-electron chi connectivity index (χ1n) is 8.03. The second-order valence-corrected chi connectivity index (χ2v) is 5.76. The maximum Gasteiger partial charge on any atom is 0.318 e. The number of rotatable bonds is 7. The Bertz CT molecular complexity index is 719. The summed E-state index contributed by atoms with van der Waals surface area (Å²) < 4.78 is 5.79. The van der Waals surface area contributed by atoms with Crippen LogP contribution in [0.15, 0.2) is 54.6 Å². The lowest BCUT2D eigenvalue weighted by atomic mass is 10.0. The zero-order valence-electron chi connectivity index (χ0n) is 14.4. The van der Waals surface area contributed by atoms with Crippen LogP contribution in [0.2, 0.25) is 0 Å². The molecule has 1 unspecified atom stereocenters. The molecule has 0 spiro atoms. The van der Waals surface area contributed by atoms with Crippen molar-refractivity contribution in [3.63, 3.8) is 0 Å². The highest BCUT2D eigenvalue weighted by Crippen LogP contribution is 2.20. The van der Waals surface area contributed by atoms with E-state index in [9.17, 15) is 9.59 Å². The van der Waals surface area contributed by atoms with Crippen LogP contribution in [0.5, 0.6) is 5.75 Å². The number of primary amides is 1. The number of amides is 3. The van der Waals surface area contributed by atoms with Crippen LogP contribution in [-0.4, -0.2) is 37.0 Å². The van der Waals surface area contributed by atoms with Gasteiger partial charge in [0.2, 0.25) is 5.91 Å². The molecule has 0 heterocycles.